The molecule has 2 aromatic carbocycles. The van der Waals surface area contributed by atoms with Crippen molar-refractivity contribution in [3.8, 4) is 11.3 Å². The number of amides is 1. The molecule has 0 aliphatic rings. The quantitative estimate of drug-likeness (QED) is 0.482. The van der Waals surface area contributed by atoms with Gasteiger partial charge in [0.05, 0.1) is 36.6 Å². The molecule has 1 amide bonds. The zero-order valence-electron chi connectivity index (χ0n) is 18.0. The van der Waals surface area contributed by atoms with Gasteiger partial charge in [0.25, 0.3) is 5.91 Å². The predicted octanol–water partition coefficient (Wildman–Crippen LogP) is 4.54. The maximum absolute atomic E-state index is 12.9. The van der Waals surface area contributed by atoms with Gasteiger partial charge >= 0.3 is 0 Å². The minimum Gasteiger partial charge on any atom is -0.383 e. The number of para-hydroxylation sites is 1. The molecule has 0 saturated heterocycles. The smallest absolute Gasteiger partial charge is 0.252 e. The van der Waals surface area contributed by atoms with Crippen LogP contribution in [0.5, 0.6) is 0 Å². The van der Waals surface area contributed by atoms with E-state index in [2.05, 4.69) is 10.4 Å². The number of ether oxygens (including phenoxy) is 1. The Balaban J connectivity index is 1.68. The predicted molar refractivity (Wildman–Crippen MR) is 122 cm³/mol. The van der Waals surface area contributed by atoms with Gasteiger partial charge in [-0.3, -0.25) is 9.48 Å². The van der Waals surface area contributed by atoms with Gasteiger partial charge in [-0.05, 0) is 43.2 Å². The summed E-state index contributed by atoms with van der Waals surface area (Å²) in [4.78, 5) is 17.7. The van der Waals surface area contributed by atoms with Crippen LogP contribution in [-0.4, -0.2) is 34.4 Å². The van der Waals surface area contributed by atoms with E-state index < -0.39 is 0 Å². The van der Waals surface area contributed by atoms with Crippen LogP contribution in [0.25, 0.3) is 22.2 Å². The Hall–Kier alpha value is -3.51. The van der Waals surface area contributed by atoms with Crippen molar-refractivity contribution in [2.45, 2.75) is 26.4 Å². The number of hydrogen-bond donors (Lipinski definition) is 1. The molecule has 31 heavy (non-hydrogen) atoms. The lowest BCUT2D eigenvalue weighted by molar-refractivity contribution is 0.0939. The summed E-state index contributed by atoms with van der Waals surface area (Å²) >= 11 is 0. The van der Waals surface area contributed by atoms with Crippen LogP contribution in [0.4, 0.5) is 0 Å². The number of aryl methyl sites for hydroxylation is 1. The van der Waals surface area contributed by atoms with Crippen LogP contribution in [0, 0.1) is 6.92 Å². The molecule has 4 rings (SSSR count). The monoisotopic (exact) mass is 414 g/mol. The third-order valence-electron chi connectivity index (χ3n) is 5.41. The van der Waals surface area contributed by atoms with E-state index in [9.17, 15) is 4.79 Å². The lowest BCUT2D eigenvalue weighted by Gasteiger charge is -2.18. The summed E-state index contributed by atoms with van der Waals surface area (Å²) in [6.07, 6.45) is 3.78. The van der Waals surface area contributed by atoms with Crippen LogP contribution in [0.15, 0.2) is 67.0 Å². The van der Waals surface area contributed by atoms with Crippen molar-refractivity contribution in [3.63, 3.8) is 0 Å². The van der Waals surface area contributed by atoms with E-state index >= 15 is 0 Å². The van der Waals surface area contributed by atoms with Crippen LogP contribution in [-0.2, 0) is 11.3 Å². The van der Waals surface area contributed by atoms with E-state index in [4.69, 9.17) is 9.72 Å². The van der Waals surface area contributed by atoms with Crippen molar-refractivity contribution < 1.29 is 9.53 Å². The van der Waals surface area contributed by atoms with Gasteiger partial charge in [0.15, 0.2) is 0 Å². The largest absolute Gasteiger partial charge is 0.383 e. The van der Waals surface area contributed by atoms with Gasteiger partial charge in [-0.2, -0.15) is 5.10 Å². The highest BCUT2D eigenvalue weighted by Gasteiger charge is 2.17. The van der Waals surface area contributed by atoms with E-state index in [0.717, 1.165) is 33.3 Å². The second-order valence-electron chi connectivity index (χ2n) is 7.61. The average molecular weight is 415 g/mol. The summed E-state index contributed by atoms with van der Waals surface area (Å²) in [6.45, 7) is 5.23. The summed E-state index contributed by atoms with van der Waals surface area (Å²) in [5.74, 6) is -0.0829. The van der Waals surface area contributed by atoms with Crippen molar-refractivity contribution in [1.29, 1.82) is 0 Å². The van der Waals surface area contributed by atoms with E-state index in [1.165, 1.54) is 0 Å². The van der Waals surface area contributed by atoms with Crippen LogP contribution in [0.1, 0.15) is 34.5 Å². The van der Waals surface area contributed by atoms with Crippen molar-refractivity contribution in [1.82, 2.24) is 20.1 Å². The molecule has 2 aromatic heterocycles. The molecule has 158 valence electrons. The highest BCUT2D eigenvalue weighted by molar-refractivity contribution is 5.96. The van der Waals surface area contributed by atoms with Gasteiger partial charge in [0.1, 0.15) is 0 Å². The molecule has 0 spiro atoms. The van der Waals surface area contributed by atoms with Gasteiger partial charge in [-0.25, -0.2) is 4.98 Å². The first-order valence-corrected chi connectivity index (χ1v) is 10.3. The number of hydrogen-bond acceptors (Lipinski definition) is 4. The number of carbonyl (C=O) groups excluding carboxylic acids is 1. The fraction of sp³-hybridized carbons (Fsp3) is 0.240. The van der Waals surface area contributed by atoms with Crippen LogP contribution < -0.4 is 5.32 Å². The Kier molecular flexibility index (Phi) is 6.09. The third kappa shape index (κ3) is 4.49. The molecule has 0 aliphatic carbocycles. The summed E-state index contributed by atoms with van der Waals surface area (Å²) < 4.78 is 6.98. The molecule has 0 fully saturated rings. The Morgan fingerprint density at radius 2 is 1.94 bits per heavy atom. The van der Waals surface area contributed by atoms with Crippen molar-refractivity contribution in [2.75, 3.05) is 13.7 Å². The number of carbonyl (C=O) groups is 1. The molecule has 1 N–H and O–H groups in total. The van der Waals surface area contributed by atoms with Gasteiger partial charge < -0.3 is 10.1 Å². The zero-order chi connectivity index (χ0) is 21.8. The van der Waals surface area contributed by atoms with Gasteiger partial charge in [0, 0.05) is 29.8 Å². The van der Waals surface area contributed by atoms with Gasteiger partial charge in [-0.15, -0.1) is 0 Å². The normalized spacial score (nSPS) is 12.1. The summed E-state index contributed by atoms with van der Waals surface area (Å²) in [6, 6.07) is 17.5. The first-order valence-electron chi connectivity index (χ1n) is 10.3. The molecule has 4 aromatic rings. The van der Waals surface area contributed by atoms with Crippen molar-refractivity contribution >= 4 is 16.8 Å². The number of aromatic nitrogens is 3. The third-order valence-corrected chi connectivity index (χ3v) is 5.41. The van der Waals surface area contributed by atoms with Crippen LogP contribution in [0.2, 0.25) is 0 Å². The Bertz CT molecular complexity index is 1220. The topological polar surface area (TPSA) is 69.0 Å². The summed E-state index contributed by atoms with van der Waals surface area (Å²) in [7, 11) is 1.67. The standard InChI is InChI=1S/C25H26N4O2/c1-17-8-4-5-9-20(17)25(30)27-18(2)22-14-24(28-23-11-7-6-10-21(22)23)19-15-26-29(16-19)12-13-31-3/h4-11,14-16,18H,12-13H2,1-3H3,(H,27,30). The molecular formula is C25H26N4O2. The molecule has 0 saturated carbocycles. The number of benzene rings is 2. The van der Waals surface area contributed by atoms with Crippen LogP contribution >= 0.6 is 0 Å². The number of fused-ring (bicyclic) bond motifs is 1. The molecule has 0 aliphatic heterocycles. The molecule has 2 heterocycles. The number of pyridine rings is 1. The lowest BCUT2D eigenvalue weighted by Crippen LogP contribution is -2.27. The minimum atomic E-state index is -0.192. The SMILES string of the molecule is COCCn1cc(-c2cc(C(C)NC(=O)c3ccccc3C)c3ccccc3n2)cn1. The van der Waals surface area contributed by atoms with E-state index in [0.29, 0.717) is 18.7 Å². The van der Waals surface area contributed by atoms with Crippen molar-refractivity contribution in [2.24, 2.45) is 0 Å². The van der Waals surface area contributed by atoms with Gasteiger partial charge in [0.2, 0.25) is 0 Å². The molecule has 0 radical (unpaired) electrons. The highest BCUT2D eigenvalue weighted by atomic mass is 16.5. The van der Waals surface area contributed by atoms with E-state index in [-0.39, 0.29) is 11.9 Å². The number of nitrogens with zero attached hydrogens (tertiary/aromatic N) is 3. The molecule has 6 nitrogen and oxygen atoms in total. The molecule has 1 unspecified atom stereocenters. The Labute approximate surface area is 181 Å². The maximum atomic E-state index is 12.9. The van der Waals surface area contributed by atoms with Crippen molar-refractivity contribution in [3.05, 3.63) is 83.7 Å². The fourth-order valence-electron chi connectivity index (χ4n) is 3.69. The van der Waals surface area contributed by atoms with Crippen LogP contribution in [0.3, 0.4) is 0 Å². The number of rotatable bonds is 7. The zero-order valence-corrected chi connectivity index (χ0v) is 18.0. The highest BCUT2D eigenvalue weighted by Crippen LogP contribution is 2.29. The number of methoxy groups -OCH3 is 1. The van der Waals surface area contributed by atoms with E-state index in [1.807, 2.05) is 85.5 Å². The number of nitrogens with one attached hydrogen (secondary N) is 1. The molecule has 6 heteroatoms. The average Bonchev–Trinajstić information content (AvgIpc) is 3.26. The summed E-state index contributed by atoms with van der Waals surface area (Å²) in [5.41, 5.74) is 5.31. The minimum absolute atomic E-state index is 0.0829. The first-order chi connectivity index (χ1) is 15.1. The summed E-state index contributed by atoms with van der Waals surface area (Å²) in [5, 5.41) is 8.59. The maximum Gasteiger partial charge on any atom is 0.252 e. The Morgan fingerprint density at radius 3 is 2.74 bits per heavy atom. The Morgan fingerprint density at radius 1 is 1.16 bits per heavy atom. The fourth-order valence-corrected chi connectivity index (χ4v) is 3.69. The lowest BCUT2D eigenvalue weighted by atomic mass is 9.99. The second kappa shape index (κ2) is 9.10. The van der Waals surface area contributed by atoms with Gasteiger partial charge in [-0.1, -0.05) is 36.4 Å². The second-order valence-corrected chi connectivity index (χ2v) is 7.61. The first kappa shape index (κ1) is 20.8. The molecule has 0 bridgehead atoms. The molecule has 1 atom stereocenters. The molecular weight excluding hydrogens is 388 g/mol. The van der Waals surface area contributed by atoms with E-state index in [1.54, 1.807) is 7.11 Å².